The van der Waals surface area contributed by atoms with Crippen LogP contribution in [0.4, 0.5) is 27.5 Å². The molecule has 1 heterocycles. The summed E-state index contributed by atoms with van der Waals surface area (Å²) in [6.45, 7) is 0.519. The van der Waals surface area contributed by atoms with Crippen molar-refractivity contribution in [2.75, 3.05) is 21.3 Å². The first-order valence-corrected chi connectivity index (χ1v) is 11.0. The van der Waals surface area contributed by atoms with Gasteiger partial charge in [-0.2, -0.15) is 0 Å². The number of rotatable bonds is 8. The number of para-hydroxylation sites is 1. The third-order valence-corrected chi connectivity index (χ3v) is 5.00. The van der Waals surface area contributed by atoms with Gasteiger partial charge in [0.2, 0.25) is 5.91 Å². The fourth-order valence-electron chi connectivity index (χ4n) is 3.27. The lowest BCUT2D eigenvalue weighted by Crippen LogP contribution is -2.19. The van der Waals surface area contributed by atoms with Gasteiger partial charge in [-0.15, -0.1) is 0 Å². The zero-order chi connectivity index (χ0) is 24.5. The average molecular weight is 469 g/mol. The van der Waals surface area contributed by atoms with E-state index in [2.05, 4.69) is 26.3 Å². The first kappa shape index (κ1) is 23.2. The number of carbonyl (C=O) groups is 3. The van der Waals surface area contributed by atoms with E-state index in [1.807, 2.05) is 22.8 Å². The molecule has 0 saturated heterocycles. The third kappa shape index (κ3) is 7.03. The Bertz CT molecular complexity index is 1290. The standard InChI is InChI=1S/C26H24N6O3/c33-24(13-15-32-16-14-27-18-32)28-23-8-4-5-19(17-23)25(34)29-21-9-11-22(12-10-21)31-26(35)30-20-6-2-1-3-7-20/h1-12,14,16-18H,13,15H2,(H,28,33)(H,29,34)(H2,30,31,35). The van der Waals surface area contributed by atoms with E-state index in [0.29, 0.717) is 34.9 Å². The average Bonchev–Trinajstić information content (AvgIpc) is 3.38. The van der Waals surface area contributed by atoms with Crippen LogP contribution in [-0.2, 0) is 11.3 Å². The zero-order valence-corrected chi connectivity index (χ0v) is 18.8. The second-order valence-electron chi connectivity index (χ2n) is 7.66. The van der Waals surface area contributed by atoms with Gasteiger partial charge < -0.3 is 25.8 Å². The van der Waals surface area contributed by atoms with Crippen molar-refractivity contribution in [1.29, 1.82) is 0 Å². The van der Waals surface area contributed by atoms with Gasteiger partial charge in [0.25, 0.3) is 5.91 Å². The number of aryl methyl sites for hydroxylation is 1. The summed E-state index contributed by atoms with van der Waals surface area (Å²) in [5.41, 5.74) is 2.78. The lowest BCUT2D eigenvalue weighted by molar-refractivity contribution is -0.116. The highest BCUT2D eigenvalue weighted by Crippen LogP contribution is 2.17. The van der Waals surface area contributed by atoms with Gasteiger partial charge in [-0.1, -0.05) is 24.3 Å². The van der Waals surface area contributed by atoms with E-state index < -0.39 is 0 Å². The molecule has 35 heavy (non-hydrogen) atoms. The number of imidazole rings is 1. The first-order chi connectivity index (χ1) is 17.0. The molecule has 0 atom stereocenters. The number of carbonyl (C=O) groups excluding carboxylic acids is 3. The molecule has 0 saturated carbocycles. The summed E-state index contributed by atoms with van der Waals surface area (Å²) in [5.74, 6) is -0.474. The molecule has 176 valence electrons. The van der Waals surface area contributed by atoms with Gasteiger partial charge in [-0.3, -0.25) is 9.59 Å². The molecule has 0 aliphatic carbocycles. The Hall–Kier alpha value is -4.92. The van der Waals surface area contributed by atoms with Gasteiger partial charge >= 0.3 is 6.03 Å². The molecule has 4 N–H and O–H groups in total. The minimum atomic E-state index is -0.364. The summed E-state index contributed by atoms with van der Waals surface area (Å²) in [5, 5.41) is 11.1. The first-order valence-electron chi connectivity index (χ1n) is 11.0. The molecule has 9 nitrogen and oxygen atoms in total. The van der Waals surface area contributed by atoms with Gasteiger partial charge in [0, 0.05) is 53.7 Å². The molecule has 0 fully saturated rings. The van der Waals surface area contributed by atoms with Crippen LogP contribution in [0.2, 0.25) is 0 Å². The van der Waals surface area contributed by atoms with Crippen LogP contribution in [0.3, 0.4) is 0 Å². The zero-order valence-electron chi connectivity index (χ0n) is 18.8. The van der Waals surface area contributed by atoms with Crippen LogP contribution < -0.4 is 21.3 Å². The SMILES string of the molecule is O=C(CCn1ccnc1)Nc1cccc(C(=O)Nc2ccc(NC(=O)Nc3ccccc3)cc2)c1. The fourth-order valence-corrected chi connectivity index (χ4v) is 3.27. The number of nitrogens with zero attached hydrogens (tertiary/aromatic N) is 2. The highest BCUT2D eigenvalue weighted by molar-refractivity contribution is 6.05. The topological polar surface area (TPSA) is 117 Å². The van der Waals surface area contributed by atoms with Crippen molar-refractivity contribution in [3.05, 3.63) is 103 Å². The minimum Gasteiger partial charge on any atom is -0.337 e. The summed E-state index contributed by atoms with van der Waals surface area (Å²) in [6.07, 6.45) is 5.39. The second-order valence-corrected chi connectivity index (χ2v) is 7.66. The molecule has 0 radical (unpaired) electrons. The number of hydrogen-bond donors (Lipinski definition) is 4. The van der Waals surface area contributed by atoms with E-state index in [1.165, 1.54) is 0 Å². The molecule has 0 aliphatic rings. The maximum Gasteiger partial charge on any atom is 0.323 e. The Kier molecular flexibility index (Phi) is 7.49. The van der Waals surface area contributed by atoms with Crippen LogP contribution in [0.5, 0.6) is 0 Å². The summed E-state index contributed by atoms with van der Waals surface area (Å²) < 4.78 is 1.82. The fraction of sp³-hybridized carbons (Fsp3) is 0.0769. The molecule has 0 unspecified atom stereocenters. The maximum absolute atomic E-state index is 12.7. The van der Waals surface area contributed by atoms with Gasteiger partial charge in [0.05, 0.1) is 6.33 Å². The van der Waals surface area contributed by atoms with Crippen molar-refractivity contribution in [1.82, 2.24) is 9.55 Å². The van der Waals surface area contributed by atoms with Crippen LogP contribution in [0.1, 0.15) is 16.8 Å². The van der Waals surface area contributed by atoms with Crippen molar-refractivity contribution >= 4 is 40.6 Å². The summed E-state index contributed by atoms with van der Waals surface area (Å²) in [7, 11) is 0. The molecule has 3 aromatic carbocycles. The summed E-state index contributed by atoms with van der Waals surface area (Å²) in [6, 6.07) is 22.2. The lowest BCUT2D eigenvalue weighted by Gasteiger charge is -2.10. The van der Waals surface area contributed by atoms with Crippen LogP contribution in [0.15, 0.2) is 97.6 Å². The summed E-state index contributed by atoms with van der Waals surface area (Å²) in [4.78, 5) is 41.0. The van der Waals surface area contributed by atoms with Crippen LogP contribution >= 0.6 is 0 Å². The molecule has 4 aromatic rings. The highest BCUT2D eigenvalue weighted by Gasteiger charge is 2.09. The molecule has 4 rings (SSSR count). The van der Waals surface area contributed by atoms with E-state index in [-0.39, 0.29) is 24.3 Å². The molecule has 9 heteroatoms. The Morgan fingerprint density at radius 1 is 0.714 bits per heavy atom. The lowest BCUT2D eigenvalue weighted by atomic mass is 10.1. The van der Waals surface area contributed by atoms with Crippen molar-refractivity contribution in [2.24, 2.45) is 0 Å². The number of aromatic nitrogens is 2. The second kappa shape index (κ2) is 11.3. The van der Waals surface area contributed by atoms with Gasteiger partial charge in [0.1, 0.15) is 0 Å². The molecule has 1 aromatic heterocycles. The number of nitrogens with one attached hydrogen (secondary N) is 4. The van der Waals surface area contributed by atoms with E-state index >= 15 is 0 Å². The van der Waals surface area contributed by atoms with Crippen molar-refractivity contribution in [2.45, 2.75) is 13.0 Å². The van der Waals surface area contributed by atoms with E-state index in [4.69, 9.17) is 0 Å². The number of urea groups is 1. The third-order valence-electron chi connectivity index (χ3n) is 5.00. The Morgan fingerprint density at radius 3 is 2.06 bits per heavy atom. The number of anilines is 4. The Balaban J connectivity index is 1.28. The molecule has 0 bridgehead atoms. The van der Waals surface area contributed by atoms with E-state index in [9.17, 15) is 14.4 Å². The van der Waals surface area contributed by atoms with Crippen molar-refractivity contribution in [3.8, 4) is 0 Å². The van der Waals surface area contributed by atoms with Crippen LogP contribution in [0.25, 0.3) is 0 Å². The van der Waals surface area contributed by atoms with Crippen LogP contribution in [-0.4, -0.2) is 27.4 Å². The van der Waals surface area contributed by atoms with Gasteiger partial charge in [-0.25, -0.2) is 9.78 Å². The number of amides is 4. The van der Waals surface area contributed by atoms with E-state index in [1.54, 1.807) is 79.4 Å². The largest absolute Gasteiger partial charge is 0.337 e. The molecule has 4 amide bonds. The van der Waals surface area contributed by atoms with Crippen LogP contribution in [0, 0.1) is 0 Å². The quantitative estimate of drug-likeness (QED) is 0.297. The van der Waals surface area contributed by atoms with Crippen molar-refractivity contribution in [3.63, 3.8) is 0 Å². The van der Waals surface area contributed by atoms with E-state index in [0.717, 1.165) is 0 Å². The smallest absolute Gasteiger partial charge is 0.323 e. The Labute approximate surface area is 202 Å². The van der Waals surface area contributed by atoms with Gasteiger partial charge in [0.15, 0.2) is 0 Å². The minimum absolute atomic E-state index is 0.157. The molecule has 0 aliphatic heterocycles. The summed E-state index contributed by atoms with van der Waals surface area (Å²) >= 11 is 0. The van der Waals surface area contributed by atoms with Crippen molar-refractivity contribution < 1.29 is 14.4 Å². The monoisotopic (exact) mass is 468 g/mol. The normalized spacial score (nSPS) is 10.3. The maximum atomic E-state index is 12.7. The predicted molar refractivity (Wildman–Crippen MR) is 135 cm³/mol. The molecule has 0 spiro atoms. The number of benzene rings is 3. The Morgan fingerprint density at radius 2 is 1.37 bits per heavy atom. The molecular weight excluding hydrogens is 444 g/mol. The number of hydrogen-bond acceptors (Lipinski definition) is 4. The highest BCUT2D eigenvalue weighted by atomic mass is 16.2. The van der Waals surface area contributed by atoms with Gasteiger partial charge in [-0.05, 0) is 54.6 Å². The predicted octanol–water partition coefficient (Wildman–Crippen LogP) is 4.81. The molecular formula is C26H24N6O3.